The van der Waals surface area contributed by atoms with Gasteiger partial charge in [0.1, 0.15) is 11.6 Å². The molecular weight excluding hydrogens is 216 g/mol. The van der Waals surface area contributed by atoms with Crippen molar-refractivity contribution in [3.8, 4) is 5.75 Å². The van der Waals surface area contributed by atoms with Crippen LogP contribution in [-0.2, 0) is 4.79 Å². The summed E-state index contributed by atoms with van der Waals surface area (Å²) in [4.78, 5) is 10.8. The maximum absolute atomic E-state index is 13.5. The van der Waals surface area contributed by atoms with Crippen LogP contribution in [0.15, 0.2) is 12.1 Å². The van der Waals surface area contributed by atoms with E-state index in [1.54, 1.807) is 0 Å². The highest BCUT2D eigenvalue weighted by Crippen LogP contribution is 2.25. The van der Waals surface area contributed by atoms with Crippen molar-refractivity contribution in [1.82, 2.24) is 0 Å². The molecule has 1 aromatic carbocycles. The fraction of sp³-hybridized carbons (Fsp3) is 0.364. The Hall–Kier alpha value is -1.49. The van der Waals surface area contributed by atoms with Crippen molar-refractivity contribution in [2.75, 3.05) is 7.11 Å². The summed E-state index contributed by atoms with van der Waals surface area (Å²) in [6.07, 6.45) is -0.0251. The van der Waals surface area contributed by atoms with Gasteiger partial charge in [-0.05, 0) is 13.0 Å². The van der Waals surface area contributed by atoms with Gasteiger partial charge in [0, 0.05) is 24.1 Å². The van der Waals surface area contributed by atoms with Crippen LogP contribution in [0.2, 0.25) is 0 Å². The highest BCUT2D eigenvalue weighted by molar-refractivity contribution is 5.76. The average molecular weight is 229 g/mol. The lowest BCUT2D eigenvalue weighted by molar-refractivity contribution is -0.117. The van der Waals surface area contributed by atoms with Gasteiger partial charge in [-0.15, -0.1) is 0 Å². The lowest BCUT2D eigenvalue weighted by Gasteiger charge is -2.12. The monoisotopic (exact) mass is 229 g/mol. The Bertz CT molecular complexity index is 407. The van der Waals surface area contributed by atoms with E-state index in [1.165, 1.54) is 14.0 Å². The molecule has 1 atom stereocenters. The second kappa shape index (κ2) is 5.03. The number of carbonyl (C=O) groups is 1. The fourth-order valence-electron chi connectivity index (χ4n) is 1.40. The number of carbonyl (C=O) groups excluding carboxylic acids is 1. The number of ether oxygens (including phenoxy) is 1. The van der Waals surface area contributed by atoms with Gasteiger partial charge in [0.05, 0.1) is 7.11 Å². The molecule has 16 heavy (non-hydrogen) atoms. The number of hydrogen-bond acceptors (Lipinski definition) is 3. The summed E-state index contributed by atoms with van der Waals surface area (Å²) in [7, 11) is 1.24. The summed E-state index contributed by atoms with van der Waals surface area (Å²) in [6, 6.07) is 1.05. The zero-order chi connectivity index (χ0) is 12.3. The molecule has 0 aromatic heterocycles. The van der Waals surface area contributed by atoms with Gasteiger partial charge in [0.15, 0.2) is 11.6 Å². The number of methoxy groups -OCH3 is 1. The van der Waals surface area contributed by atoms with Crippen LogP contribution in [-0.4, -0.2) is 12.9 Å². The number of hydrogen-bond donors (Lipinski definition) is 1. The van der Waals surface area contributed by atoms with E-state index in [1.807, 2.05) is 0 Å². The Morgan fingerprint density at radius 1 is 1.44 bits per heavy atom. The summed E-state index contributed by atoms with van der Waals surface area (Å²) in [5.41, 5.74) is 5.57. The van der Waals surface area contributed by atoms with Gasteiger partial charge >= 0.3 is 0 Å². The molecule has 1 rings (SSSR count). The molecule has 0 heterocycles. The SMILES string of the molecule is COc1cc(F)c(C(N)CC(C)=O)cc1F. The minimum Gasteiger partial charge on any atom is -0.494 e. The summed E-state index contributed by atoms with van der Waals surface area (Å²) in [6.45, 7) is 1.34. The van der Waals surface area contributed by atoms with E-state index in [2.05, 4.69) is 4.74 Å². The van der Waals surface area contributed by atoms with E-state index in [4.69, 9.17) is 5.73 Å². The quantitative estimate of drug-likeness (QED) is 0.858. The van der Waals surface area contributed by atoms with E-state index in [0.29, 0.717) is 0 Å². The molecule has 0 amide bonds. The third-order valence-electron chi connectivity index (χ3n) is 2.18. The van der Waals surface area contributed by atoms with E-state index in [-0.39, 0.29) is 23.5 Å². The van der Waals surface area contributed by atoms with Crippen molar-refractivity contribution in [1.29, 1.82) is 0 Å². The van der Waals surface area contributed by atoms with E-state index >= 15 is 0 Å². The number of rotatable bonds is 4. The second-order valence-electron chi connectivity index (χ2n) is 3.52. The molecule has 3 nitrogen and oxygen atoms in total. The Kier molecular flexibility index (Phi) is 3.95. The lowest BCUT2D eigenvalue weighted by atomic mass is 10.0. The molecule has 0 radical (unpaired) electrons. The summed E-state index contributed by atoms with van der Waals surface area (Å²) >= 11 is 0. The molecule has 2 N–H and O–H groups in total. The third kappa shape index (κ3) is 2.76. The van der Waals surface area contributed by atoms with Gasteiger partial charge in [0.2, 0.25) is 0 Å². The van der Waals surface area contributed by atoms with E-state index < -0.39 is 17.7 Å². The predicted molar refractivity (Wildman–Crippen MR) is 55.1 cm³/mol. The lowest BCUT2D eigenvalue weighted by Crippen LogP contribution is -2.15. The molecule has 0 aliphatic carbocycles. The van der Waals surface area contributed by atoms with Crippen LogP contribution in [0.1, 0.15) is 24.9 Å². The number of ketones is 1. The Morgan fingerprint density at radius 2 is 2.06 bits per heavy atom. The number of Topliss-reactive ketones (excluding diaryl/α,β-unsaturated/α-hetero) is 1. The first-order chi connectivity index (χ1) is 7.45. The third-order valence-corrected chi connectivity index (χ3v) is 2.18. The molecule has 0 saturated carbocycles. The first-order valence-electron chi connectivity index (χ1n) is 4.73. The zero-order valence-electron chi connectivity index (χ0n) is 9.09. The highest BCUT2D eigenvalue weighted by Gasteiger charge is 2.17. The highest BCUT2D eigenvalue weighted by atomic mass is 19.1. The zero-order valence-corrected chi connectivity index (χ0v) is 9.09. The number of halogens is 2. The Balaban J connectivity index is 3.05. The number of nitrogens with two attached hydrogens (primary N) is 1. The van der Waals surface area contributed by atoms with Gasteiger partial charge in [-0.1, -0.05) is 0 Å². The molecule has 0 saturated heterocycles. The van der Waals surface area contributed by atoms with Gasteiger partial charge in [0.25, 0.3) is 0 Å². The summed E-state index contributed by atoms with van der Waals surface area (Å²) in [5.74, 6) is -1.73. The van der Waals surface area contributed by atoms with Crippen LogP contribution in [0.25, 0.3) is 0 Å². The maximum Gasteiger partial charge on any atom is 0.165 e. The summed E-state index contributed by atoms with van der Waals surface area (Å²) < 4.78 is 31.4. The molecule has 0 bridgehead atoms. The van der Waals surface area contributed by atoms with Crippen molar-refractivity contribution in [2.45, 2.75) is 19.4 Å². The standard InChI is InChI=1S/C11H13F2NO2/c1-6(15)3-10(14)7-4-9(13)11(16-2)5-8(7)12/h4-5,10H,3,14H2,1-2H3. The van der Waals surface area contributed by atoms with Crippen molar-refractivity contribution >= 4 is 5.78 Å². The predicted octanol–water partition coefficient (Wildman–Crippen LogP) is 1.95. The first kappa shape index (κ1) is 12.6. The van der Waals surface area contributed by atoms with Crippen LogP contribution in [0, 0.1) is 11.6 Å². The van der Waals surface area contributed by atoms with Gasteiger partial charge in [-0.3, -0.25) is 4.79 Å². The Labute approximate surface area is 92.2 Å². The van der Waals surface area contributed by atoms with Crippen molar-refractivity contribution in [3.63, 3.8) is 0 Å². The van der Waals surface area contributed by atoms with E-state index in [9.17, 15) is 13.6 Å². The topological polar surface area (TPSA) is 52.3 Å². The molecule has 5 heteroatoms. The minimum atomic E-state index is -0.835. The average Bonchev–Trinajstić information content (AvgIpc) is 2.19. The van der Waals surface area contributed by atoms with Crippen LogP contribution in [0.3, 0.4) is 0 Å². The Morgan fingerprint density at radius 3 is 2.56 bits per heavy atom. The van der Waals surface area contributed by atoms with Gasteiger partial charge < -0.3 is 10.5 Å². The van der Waals surface area contributed by atoms with Crippen molar-refractivity contribution < 1.29 is 18.3 Å². The van der Waals surface area contributed by atoms with Crippen molar-refractivity contribution in [3.05, 3.63) is 29.3 Å². The molecule has 1 unspecified atom stereocenters. The second-order valence-corrected chi connectivity index (χ2v) is 3.52. The van der Waals surface area contributed by atoms with Crippen LogP contribution in [0.5, 0.6) is 5.75 Å². The molecule has 1 aromatic rings. The van der Waals surface area contributed by atoms with Crippen molar-refractivity contribution in [2.24, 2.45) is 5.73 Å². The smallest absolute Gasteiger partial charge is 0.165 e. The number of benzene rings is 1. The molecular formula is C11H13F2NO2. The normalized spacial score (nSPS) is 12.3. The van der Waals surface area contributed by atoms with Crippen LogP contribution in [0.4, 0.5) is 8.78 Å². The molecule has 0 fully saturated rings. The molecule has 0 aliphatic rings. The minimum absolute atomic E-state index is 0.0199. The van der Waals surface area contributed by atoms with Gasteiger partial charge in [-0.25, -0.2) is 8.78 Å². The van der Waals surface area contributed by atoms with Crippen LogP contribution >= 0.6 is 0 Å². The first-order valence-corrected chi connectivity index (χ1v) is 4.73. The molecule has 0 spiro atoms. The largest absolute Gasteiger partial charge is 0.494 e. The maximum atomic E-state index is 13.5. The fourth-order valence-corrected chi connectivity index (χ4v) is 1.40. The van der Waals surface area contributed by atoms with Crippen LogP contribution < -0.4 is 10.5 Å². The van der Waals surface area contributed by atoms with Gasteiger partial charge in [-0.2, -0.15) is 0 Å². The summed E-state index contributed by atoms with van der Waals surface area (Å²) in [5, 5.41) is 0. The van der Waals surface area contributed by atoms with E-state index in [0.717, 1.165) is 12.1 Å². The molecule has 88 valence electrons. The molecule has 0 aliphatic heterocycles.